The predicted octanol–water partition coefficient (Wildman–Crippen LogP) is 5.88. The van der Waals surface area contributed by atoms with E-state index in [1.54, 1.807) is 0 Å². The monoisotopic (exact) mass is 412 g/mol. The fourth-order valence-electron chi connectivity index (χ4n) is 6.24. The Hall–Kier alpha value is -1.68. The lowest BCUT2D eigenvalue weighted by Crippen LogP contribution is -2.46. The van der Waals surface area contributed by atoms with E-state index in [1.165, 1.54) is 43.4 Å². The third-order valence-corrected chi connectivity index (χ3v) is 6.99. The van der Waals surface area contributed by atoms with Crippen molar-refractivity contribution < 1.29 is 9.47 Å². The van der Waals surface area contributed by atoms with Crippen molar-refractivity contribution in [3.8, 4) is 0 Å². The van der Waals surface area contributed by atoms with E-state index in [2.05, 4.69) is 68.7 Å². The molecule has 3 aliphatic rings. The Morgan fingerprint density at radius 2 is 1.57 bits per heavy atom. The molecule has 4 nitrogen and oxygen atoms in total. The van der Waals surface area contributed by atoms with Crippen molar-refractivity contribution in [2.45, 2.75) is 72.5 Å². The van der Waals surface area contributed by atoms with Crippen LogP contribution in [-0.4, -0.2) is 42.5 Å². The first-order chi connectivity index (χ1) is 14.3. The van der Waals surface area contributed by atoms with Crippen LogP contribution in [0.2, 0.25) is 0 Å². The maximum Gasteiger partial charge on any atom is 0.269 e. The second-order valence-corrected chi connectivity index (χ2v) is 11.1. The molecule has 1 unspecified atom stereocenters. The lowest BCUT2D eigenvalue weighted by molar-refractivity contribution is -0.0573. The van der Waals surface area contributed by atoms with Crippen LogP contribution < -0.4 is 0 Å². The summed E-state index contributed by atoms with van der Waals surface area (Å²) < 4.78 is 12.4. The molecule has 1 aromatic rings. The zero-order chi connectivity index (χ0) is 21.4. The van der Waals surface area contributed by atoms with Gasteiger partial charge < -0.3 is 14.4 Å². The molecule has 1 aromatic carbocycles. The molecule has 30 heavy (non-hydrogen) atoms. The van der Waals surface area contributed by atoms with E-state index in [0.717, 1.165) is 32.1 Å². The van der Waals surface area contributed by atoms with Crippen LogP contribution in [0.25, 0.3) is 0 Å². The van der Waals surface area contributed by atoms with Crippen molar-refractivity contribution in [1.29, 1.82) is 0 Å². The van der Waals surface area contributed by atoms with E-state index in [4.69, 9.17) is 9.47 Å². The molecular formula is C26H40N2O2. The van der Waals surface area contributed by atoms with Gasteiger partial charge in [0.15, 0.2) is 0 Å². The van der Waals surface area contributed by atoms with Crippen LogP contribution in [0.1, 0.15) is 83.6 Å². The lowest BCUT2D eigenvalue weighted by atomic mass is 9.60. The second kappa shape index (κ2) is 8.45. The summed E-state index contributed by atoms with van der Waals surface area (Å²) in [5, 5.41) is 0. The molecule has 1 saturated carbocycles. The van der Waals surface area contributed by atoms with Gasteiger partial charge in [-0.2, -0.15) is 0 Å². The normalized spacial score (nSPS) is 26.8. The van der Waals surface area contributed by atoms with Crippen molar-refractivity contribution in [2.24, 2.45) is 10.8 Å². The largest absolute Gasteiger partial charge is 0.453 e. The summed E-state index contributed by atoms with van der Waals surface area (Å²) in [7, 11) is 0. The number of piperazine rings is 1. The second-order valence-electron chi connectivity index (χ2n) is 11.1. The van der Waals surface area contributed by atoms with Crippen LogP contribution in [0.4, 0.5) is 0 Å². The zero-order valence-corrected chi connectivity index (χ0v) is 19.6. The molecule has 0 radical (unpaired) electrons. The molecule has 1 saturated heterocycles. The summed E-state index contributed by atoms with van der Waals surface area (Å²) in [6.07, 6.45) is 6.46. The van der Waals surface area contributed by atoms with Crippen molar-refractivity contribution in [3.05, 3.63) is 47.5 Å². The number of benzene rings is 1. The van der Waals surface area contributed by atoms with Crippen LogP contribution in [0.5, 0.6) is 0 Å². The minimum Gasteiger partial charge on any atom is -0.453 e. The maximum atomic E-state index is 6.36. The van der Waals surface area contributed by atoms with Crippen LogP contribution in [0.15, 0.2) is 36.4 Å². The molecule has 2 heterocycles. The molecule has 0 bridgehead atoms. The standard InChI is InChI=1S/C26H40N2O2/c1-6-11-27-12-14-28(15-13-27)23-18-29-24(30-23)22-10-8-7-9-21(22)20-16-25(2,3)19-26(4,5)17-20/h7-10,18,20,24H,6,11-17,19H2,1-5H3. The molecule has 0 N–H and O–H groups in total. The number of ether oxygens (including phenoxy) is 2. The molecule has 166 valence electrons. The van der Waals surface area contributed by atoms with Gasteiger partial charge in [0.25, 0.3) is 6.29 Å². The molecular weight excluding hydrogens is 372 g/mol. The molecule has 0 amide bonds. The van der Waals surface area contributed by atoms with E-state index >= 15 is 0 Å². The number of hydrogen-bond donors (Lipinski definition) is 0. The fourth-order valence-corrected chi connectivity index (χ4v) is 6.24. The van der Waals surface area contributed by atoms with Crippen molar-refractivity contribution in [2.75, 3.05) is 32.7 Å². The van der Waals surface area contributed by atoms with Gasteiger partial charge in [-0.25, -0.2) is 0 Å². The minimum absolute atomic E-state index is 0.321. The van der Waals surface area contributed by atoms with Crippen LogP contribution in [0, 0.1) is 10.8 Å². The molecule has 2 fully saturated rings. The average molecular weight is 413 g/mol. The van der Waals surface area contributed by atoms with E-state index < -0.39 is 0 Å². The Labute approximate surface area is 183 Å². The Morgan fingerprint density at radius 3 is 2.20 bits per heavy atom. The first-order valence-corrected chi connectivity index (χ1v) is 11.8. The number of hydrogen-bond acceptors (Lipinski definition) is 4. The summed E-state index contributed by atoms with van der Waals surface area (Å²) >= 11 is 0. The Balaban J connectivity index is 1.45. The highest BCUT2D eigenvalue weighted by Crippen LogP contribution is 2.53. The van der Waals surface area contributed by atoms with Gasteiger partial charge >= 0.3 is 0 Å². The van der Waals surface area contributed by atoms with Gasteiger partial charge in [-0.3, -0.25) is 4.90 Å². The van der Waals surface area contributed by atoms with Crippen molar-refractivity contribution in [1.82, 2.24) is 9.80 Å². The molecule has 0 spiro atoms. The predicted molar refractivity (Wildman–Crippen MR) is 122 cm³/mol. The van der Waals surface area contributed by atoms with E-state index in [9.17, 15) is 0 Å². The zero-order valence-electron chi connectivity index (χ0n) is 19.6. The van der Waals surface area contributed by atoms with Crippen LogP contribution >= 0.6 is 0 Å². The molecule has 2 aliphatic heterocycles. The van der Waals surface area contributed by atoms with Crippen molar-refractivity contribution >= 4 is 0 Å². The highest BCUT2D eigenvalue weighted by atomic mass is 16.7. The topological polar surface area (TPSA) is 24.9 Å². The summed E-state index contributed by atoms with van der Waals surface area (Å²) in [4.78, 5) is 4.87. The molecule has 1 atom stereocenters. The highest BCUT2D eigenvalue weighted by molar-refractivity contribution is 5.33. The number of rotatable bonds is 5. The molecule has 4 rings (SSSR count). The summed E-state index contributed by atoms with van der Waals surface area (Å²) in [6.45, 7) is 17.3. The SMILES string of the molecule is CCCN1CCN(C2=COC(c3ccccc3C3CC(C)(C)CC(C)(C)C3)O2)CC1. The third-order valence-electron chi connectivity index (χ3n) is 6.99. The Kier molecular flexibility index (Phi) is 6.07. The highest BCUT2D eigenvalue weighted by Gasteiger charge is 2.40. The number of nitrogens with zero attached hydrogens (tertiary/aromatic N) is 2. The maximum absolute atomic E-state index is 6.36. The van der Waals surface area contributed by atoms with Crippen molar-refractivity contribution in [3.63, 3.8) is 0 Å². The van der Waals surface area contributed by atoms with Gasteiger partial charge in [0.1, 0.15) is 6.26 Å². The first kappa shape index (κ1) is 21.5. The van der Waals surface area contributed by atoms with Crippen LogP contribution in [0.3, 0.4) is 0 Å². The molecule has 1 aliphatic carbocycles. The lowest BCUT2D eigenvalue weighted by Gasteiger charge is -2.45. The van der Waals surface area contributed by atoms with E-state index in [-0.39, 0.29) is 6.29 Å². The Bertz CT molecular complexity index is 746. The molecule has 4 heteroatoms. The average Bonchev–Trinajstić information content (AvgIpc) is 3.16. The Morgan fingerprint density at radius 1 is 0.933 bits per heavy atom. The smallest absolute Gasteiger partial charge is 0.269 e. The summed E-state index contributed by atoms with van der Waals surface area (Å²) in [6, 6.07) is 8.78. The van der Waals surface area contributed by atoms with Gasteiger partial charge in [0.2, 0.25) is 5.88 Å². The molecule has 0 aromatic heterocycles. The van der Waals surface area contributed by atoms with Gasteiger partial charge in [-0.15, -0.1) is 0 Å². The van der Waals surface area contributed by atoms with Crippen LogP contribution in [-0.2, 0) is 9.47 Å². The minimum atomic E-state index is -0.321. The fraction of sp³-hybridized carbons (Fsp3) is 0.692. The van der Waals surface area contributed by atoms with Gasteiger partial charge in [0, 0.05) is 31.7 Å². The van der Waals surface area contributed by atoms with Gasteiger partial charge in [-0.05, 0) is 54.5 Å². The third kappa shape index (κ3) is 4.80. The summed E-state index contributed by atoms with van der Waals surface area (Å²) in [5.74, 6) is 1.45. The van der Waals surface area contributed by atoms with E-state index in [1.807, 2.05) is 6.26 Å². The first-order valence-electron chi connectivity index (χ1n) is 11.8. The van der Waals surface area contributed by atoms with E-state index in [0.29, 0.717) is 16.7 Å². The quantitative estimate of drug-likeness (QED) is 0.603. The van der Waals surface area contributed by atoms with Gasteiger partial charge in [0.05, 0.1) is 0 Å². The summed E-state index contributed by atoms with van der Waals surface area (Å²) in [5.41, 5.74) is 3.33. The van der Waals surface area contributed by atoms with Gasteiger partial charge in [-0.1, -0.05) is 58.9 Å².